The molecule has 3 rings (SSSR count). The number of halogens is 1. The van der Waals surface area contributed by atoms with Gasteiger partial charge in [0.05, 0.1) is 21.0 Å². The molecular formula is C20H19FN4O6. The quantitative estimate of drug-likeness (QED) is 0.542. The smallest absolute Gasteiger partial charge is 0.279 e. The molecule has 10 nitrogen and oxygen atoms in total. The summed E-state index contributed by atoms with van der Waals surface area (Å²) in [5.41, 5.74) is -1.39. The number of nitro groups is 2. The zero-order valence-electron chi connectivity index (χ0n) is 16.6. The third-order valence-electron chi connectivity index (χ3n) is 5.17. The fraction of sp³-hybridized carbons (Fsp3) is 0.300. The van der Waals surface area contributed by atoms with E-state index < -0.39 is 38.9 Å². The molecule has 2 amide bonds. The first-order valence-corrected chi connectivity index (χ1v) is 9.47. The van der Waals surface area contributed by atoms with E-state index in [1.54, 1.807) is 6.07 Å². The van der Waals surface area contributed by atoms with Crippen LogP contribution in [0.5, 0.6) is 0 Å². The second-order valence-corrected chi connectivity index (χ2v) is 7.07. The molecule has 31 heavy (non-hydrogen) atoms. The molecule has 0 N–H and O–H groups in total. The summed E-state index contributed by atoms with van der Waals surface area (Å²) in [5.74, 6) is -1.73. The summed E-state index contributed by atoms with van der Waals surface area (Å²) in [5, 5.41) is 22.5. The number of rotatable bonds is 4. The van der Waals surface area contributed by atoms with E-state index in [0.29, 0.717) is 13.0 Å². The molecule has 0 unspecified atom stereocenters. The lowest BCUT2D eigenvalue weighted by atomic mass is 10.1. The highest BCUT2D eigenvalue weighted by Gasteiger charge is 2.29. The first kappa shape index (κ1) is 21.8. The van der Waals surface area contributed by atoms with Crippen LogP contribution in [0.15, 0.2) is 36.4 Å². The highest BCUT2D eigenvalue weighted by Crippen LogP contribution is 2.30. The van der Waals surface area contributed by atoms with Gasteiger partial charge >= 0.3 is 0 Å². The Labute approximate surface area is 176 Å². The SMILES string of the molecule is Cc1c([N+](=O)[O-])cc(C(=O)N2CCCN(C(=O)c3ccccc3F)CC2)cc1[N+](=O)[O-]. The van der Waals surface area contributed by atoms with E-state index in [2.05, 4.69) is 0 Å². The zero-order valence-corrected chi connectivity index (χ0v) is 16.6. The lowest BCUT2D eigenvalue weighted by Gasteiger charge is -2.22. The van der Waals surface area contributed by atoms with Crippen LogP contribution in [0.25, 0.3) is 0 Å². The fourth-order valence-electron chi connectivity index (χ4n) is 3.50. The van der Waals surface area contributed by atoms with Crippen molar-refractivity contribution in [1.82, 2.24) is 9.80 Å². The second-order valence-electron chi connectivity index (χ2n) is 7.07. The highest BCUT2D eigenvalue weighted by molar-refractivity contribution is 5.96. The van der Waals surface area contributed by atoms with Crippen molar-refractivity contribution in [2.45, 2.75) is 13.3 Å². The van der Waals surface area contributed by atoms with Crippen LogP contribution in [0.1, 0.15) is 32.7 Å². The van der Waals surface area contributed by atoms with Crippen molar-refractivity contribution in [2.75, 3.05) is 26.2 Å². The number of amides is 2. The predicted octanol–water partition coefficient (Wildman–Crippen LogP) is 2.94. The Balaban J connectivity index is 1.81. The third-order valence-corrected chi connectivity index (χ3v) is 5.17. The van der Waals surface area contributed by atoms with Gasteiger partial charge < -0.3 is 9.80 Å². The second kappa shape index (κ2) is 8.86. The van der Waals surface area contributed by atoms with Crippen LogP contribution in [0.3, 0.4) is 0 Å². The number of nitro benzene ring substituents is 2. The number of carbonyl (C=O) groups excluding carboxylic acids is 2. The van der Waals surface area contributed by atoms with Crippen LogP contribution in [-0.2, 0) is 0 Å². The van der Waals surface area contributed by atoms with Gasteiger partial charge in [-0.15, -0.1) is 0 Å². The minimum absolute atomic E-state index is 0.0629. The Morgan fingerprint density at radius 1 is 0.903 bits per heavy atom. The van der Waals surface area contributed by atoms with E-state index in [1.807, 2.05) is 0 Å². The summed E-state index contributed by atoms with van der Waals surface area (Å²) in [6, 6.07) is 7.67. The Bertz CT molecular complexity index is 1040. The van der Waals surface area contributed by atoms with Gasteiger partial charge in [0.25, 0.3) is 23.2 Å². The van der Waals surface area contributed by atoms with Crippen molar-refractivity contribution >= 4 is 23.2 Å². The van der Waals surface area contributed by atoms with Crippen molar-refractivity contribution < 1.29 is 23.8 Å². The zero-order chi connectivity index (χ0) is 22.7. The summed E-state index contributed by atoms with van der Waals surface area (Å²) in [6.45, 7) is 2.03. The molecule has 0 aliphatic carbocycles. The predicted molar refractivity (Wildman–Crippen MR) is 107 cm³/mol. The first-order valence-electron chi connectivity index (χ1n) is 9.47. The molecule has 1 saturated heterocycles. The van der Waals surface area contributed by atoms with Crippen molar-refractivity contribution in [3.8, 4) is 0 Å². The van der Waals surface area contributed by atoms with Crippen LogP contribution >= 0.6 is 0 Å². The van der Waals surface area contributed by atoms with E-state index >= 15 is 0 Å². The maximum Gasteiger partial charge on any atom is 0.279 e. The maximum atomic E-state index is 13.9. The van der Waals surface area contributed by atoms with E-state index in [4.69, 9.17) is 0 Å². The van der Waals surface area contributed by atoms with Crippen LogP contribution in [-0.4, -0.2) is 57.6 Å². The fourth-order valence-corrected chi connectivity index (χ4v) is 3.50. The minimum atomic E-state index is -0.768. The van der Waals surface area contributed by atoms with Gasteiger partial charge in [0, 0.05) is 38.3 Å². The molecule has 1 heterocycles. The van der Waals surface area contributed by atoms with Gasteiger partial charge in [0.15, 0.2) is 0 Å². The van der Waals surface area contributed by atoms with Gasteiger partial charge in [-0.1, -0.05) is 12.1 Å². The molecule has 162 valence electrons. The normalized spacial score (nSPS) is 14.1. The first-order chi connectivity index (χ1) is 14.7. The van der Waals surface area contributed by atoms with E-state index in [-0.39, 0.29) is 36.3 Å². The number of carbonyl (C=O) groups is 2. The van der Waals surface area contributed by atoms with Crippen molar-refractivity contribution in [3.63, 3.8) is 0 Å². The van der Waals surface area contributed by atoms with Crippen molar-refractivity contribution in [2.24, 2.45) is 0 Å². The van der Waals surface area contributed by atoms with E-state index in [0.717, 1.165) is 12.1 Å². The van der Waals surface area contributed by atoms with Crippen molar-refractivity contribution in [1.29, 1.82) is 0 Å². The van der Waals surface area contributed by atoms with Gasteiger partial charge in [-0.2, -0.15) is 0 Å². The van der Waals surface area contributed by atoms with Crippen molar-refractivity contribution in [3.05, 3.63) is 79.1 Å². The lowest BCUT2D eigenvalue weighted by molar-refractivity contribution is -0.395. The molecule has 0 saturated carbocycles. The summed E-state index contributed by atoms with van der Waals surface area (Å²) in [7, 11) is 0. The molecule has 1 aliphatic rings. The molecule has 0 radical (unpaired) electrons. The summed E-state index contributed by atoms with van der Waals surface area (Å²) in [4.78, 5) is 49.4. The monoisotopic (exact) mass is 430 g/mol. The van der Waals surface area contributed by atoms with Crippen LogP contribution in [0.2, 0.25) is 0 Å². The minimum Gasteiger partial charge on any atom is -0.337 e. The van der Waals surface area contributed by atoms with Gasteiger partial charge in [0.2, 0.25) is 0 Å². The Morgan fingerprint density at radius 2 is 1.42 bits per heavy atom. The van der Waals surface area contributed by atoms with Gasteiger partial charge in [-0.3, -0.25) is 29.8 Å². The Kier molecular flexibility index (Phi) is 6.23. The maximum absolute atomic E-state index is 13.9. The third kappa shape index (κ3) is 4.49. The molecule has 0 aromatic heterocycles. The van der Waals surface area contributed by atoms with E-state index in [9.17, 15) is 34.2 Å². The lowest BCUT2D eigenvalue weighted by Crippen LogP contribution is -2.37. The number of benzene rings is 2. The number of hydrogen-bond donors (Lipinski definition) is 0. The largest absolute Gasteiger partial charge is 0.337 e. The summed E-state index contributed by atoms with van der Waals surface area (Å²) in [6.07, 6.45) is 0.405. The molecule has 11 heteroatoms. The standard InChI is InChI=1S/C20H19FN4O6/c1-13-17(24(28)29)11-14(12-18(13)25(30)31)19(26)22-7-4-8-23(10-9-22)20(27)15-5-2-3-6-16(15)21/h2-3,5-6,11-12H,4,7-10H2,1H3. The highest BCUT2D eigenvalue weighted by atomic mass is 19.1. The number of nitrogens with zero attached hydrogens (tertiary/aromatic N) is 4. The summed E-state index contributed by atoms with van der Waals surface area (Å²) >= 11 is 0. The van der Waals surface area contributed by atoms with Gasteiger partial charge in [0.1, 0.15) is 11.4 Å². The topological polar surface area (TPSA) is 127 Å². The molecule has 1 aliphatic heterocycles. The average molecular weight is 430 g/mol. The van der Waals surface area contributed by atoms with Gasteiger partial charge in [-0.25, -0.2) is 4.39 Å². The molecule has 2 aromatic rings. The van der Waals surface area contributed by atoms with Gasteiger partial charge in [-0.05, 0) is 25.5 Å². The molecule has 0 atom stereocenters. The van der Waals surface area contributed by atoms with Crippen LogP contribution in [0.4, 0.5) is 15.8 Å². The summed E-state index contributed by atoms with van der Waals surface area (Å²) < 4.78 is 13.9. The molecule has 1 fully saturated rings. The average Bonchev–Trinajstić information content (AvgIpc) is 2.99. The van der Waals surface area contributed by atoms with Crippen LogP contribution < -0.4 is 0 Å². The Morgan fingerprint density at radius 3 is 1.94 bits per heavy atom. The molecule has 2 aromatic carbocycles. The molecule has 0 bridgehead atoms. The molecular weight excluding hydrogens is 411 g/mol. The number of hydrogen-bond acceptors (Lipinski definition) is 6. The van der Waals surface area contributed by atoms with E-state index in [1.165, 1.54) is 34.9 Å². The van der Waals surface area contributed by atoms with Crippen LogP contribution in [0, 0.1) is 33.0 Å². The Hall–Kier alpha value is -3.89. The molecule has 0 spiro atoms.